The highest BCUT2D eigenvalue weighted by Crippen LogP contribution is 2.34. The number of benzene rings is 3. The summed E-state index contributed by atoms with van der Waals surface area (Å²) in [4.78, 5) is 41.7. The number of hydrogen-bond donors (Lipinski definition) is 2. The lowest BCUT2D eigenvalue weighted by Gasteiger charge is -2.34. The second-order valence-electron chi connectivity index (χ2n) is 12.0. The highest BCUT2D eigenvalue weighted by Gasteiger charge is 2.21. The summed E-state index contributed by atoms with van der Waals surface area (Å²) in [6.45, 7) is 13.0. The van der Waals surface area contributed by atoms with Crippen LogP contribution >= 0.6 is 0 Å². The van der Waals surface area contributed by atoms with Gasteiger partial charge >= 0.3 is 0 Å². The van der Waals surface area contributed by atoms with E-state index >= 15 is 0 Å². The van der Waals surface area contributed by atoms with Crippen molar-refractivity contribution in [1.82, 2.24) is 19.8 Å². The van der Waals surface area contributed by atoms with E-state index in [-0.39, 0.29) is 23.3 Å². The number of aromatic nitrogens is 2. The molecule has 49 heavy (non-hydrogen) atoms. The first-order valence-electron chi connectivity index (χ1n) is 16.6. The van der Waals surface area contributed by atoms with Crippen LogP contribution in [0.4, 0.5) is 23.0 Å². The van der Waals surface area contributed by atoms with E-state index in [1.54, 1.807) is 29.2 Å². The summed E-state index contributed by atoms with van der Waals surface area (Å²) in [5.41, 5.74) is 5.43. The standard InChI is InChI=1S/C38H45N7O4/c1-7-44(8-2)34(46)19-13-28-12-18-32(33(24-28)48-6)49-37-31(36(47)41-35-26(3)10-9-11-27(35)4)25-39-38(42-37)40-29-14-16-30(17-15-29)45-22-20-43(5)21-23-45/h9-19,24-25H,7-8,20-23H2,1-6H3,(H,41,47)(H,39,40,42). The molecular formula is C38H45N7O4. The number of amides is 2. The van der Waals surface area contributed by atoms with Crippen molar-refractivity contribution in [2.24, 2.45) is 0 Å². The third-order valence-corrected chi connectivity index (χ3v) is 8.60. The first-order valence-corrected chi connectivity index (χ1v) is 16.6. The molecule has 0 saturated carbocycles. The maximum absolute atomic E-state index is 13.7. The van der Waals surface area contributed by atoms with Crippen molar-refractivity contribution < 1.29 is 19.1 Å². The van der Waals surface area contributed by atoms with Crippen LogP contribution in [-0.2, 0) is 4.79 Å². The Morgan fingerprint density at radius 3 is 2.29 bits per heavy atom. The molecule has 2 N–H and O–H groups in total. The van der Waals surface area contributed by atoms with E-state index in [4.69, 9.17) is 9.47 Å². The Bertz CT molecular complexity index is 1780. The van der Waals surface area contributed by atoms with Gasteiger partial charge < -0.3 is 34.8 Å². The van der Waals surface area contributed by atoms with Crippen LogP contribution in [0.5, 0.6) is 17.4 Å². The van der Waals surface area contributed by atoms with Gasteiger partial charge in [-0.05, 0) is 93.9 Å². The molecule has 1 fully saturated rings. The topological polar surface area (TPSA) is 112 Å². The van der Waals surface area contributed by atoms with Crippen LogP contribution in [0.15, 0.2) is 72.9 Å². The van der Waals surface area contributed by atoms with Crippen LogP contribution in [0.3, 0.4) is 0 Å². The molecule has 0 aliphatic carbocycles. The summed E-state index contributed by atoms with van der Waals surface area (Å²) < 4.78 is 12.0. The zero-order valence-electron chi connectivity index (χ0n) is 29.1. The molecule has 0 radical (unpaired) electrons. The lowest BCUT2D eigenvalue weighted by atomic mass is 10.1. The summed E-state index contributed by atoms with van der Waals surface area (Å²) in [6.07, 6.45) is 4.73. The van der Waals surface area contributed by atoms with Gasteiger partial charge in [0, 0.05) is 68.6 Å². The average molecular weight is 664 g/mol. The molecule has 2 heterocycles. The first kappa shape index (κ1) is 34.9. The Morgan fingerprint density at radius 1 is 0.939 bits per heavy atom. The number of nitrogens with zero attached hydrogens (tertiary/aromatic N) is 5. The Balaban J connectivity index is 1.42. The predicted molar refractivity (Wildman–Crippen MR) is 195 cm³/mol. The van der Waals surface area contributed by atoms with E-state index in [2.05, 4.69) is 49.6 Å². The van der Waals surface area contributed by atoms with E-state index in [0.717, 1.165) is 54.2 Å². The minimum absolute atomic E-state index is 0.0496. The molecule has 4 aromatic rings. The minimum Gasteiger partial charge on any atom is -0.493 e. The molecule has 3 aromatic carbocycles. The van der Waals surface area contributed by atoms with E-state index in [1.807, 2.05) is 64.1 Å². The molecule has 2 amide bonds. The lowest BCUT2D eigenvalue weighted by Crippen LogP contribution is -2.44. The van der Waals surface area contributed by atoms with Crippen molar-refractivity contribution in [3.8, 4) is 17.4 Å². The maximum Gasteiger partial charge on any atom is 0.262 e. The fourth-order valence-corrected chi connectivity index (χ4v) is 5.59. The van der Waals surface area contributed by atoms with E-state index in [1.165, 1.54) is 13.3 Å². The second kappa shape index (κ2) is 16.1. The molecule has 1 aromatic heterocycles. The van der Waals surface area contributed by atoms with Gasteiger partial charge in [0.15, 0.2) is 11.5 Å². The van der Waals surface area contributed by atoms with Crippen LogP contribution in [0.2, 0.25) is 0 Å². The average Bonchev–Trinajstić information content (AvgIpc) is 3.10. The van der Waals surface area contributed by atoms with Gasteiger partial charge in [-0.3, -0.25) is 9.59 Å². The van der Waals surface area contributed by atoms with Crippen molar-refractivity contribution in [2.75, 3.05) is 69.0 Å². The Morgan fingerprint density at radius 2 is 1.63 bits per heavy atom. The highest BCUT2D eigenvalue weighted by molar-refractivity contribution is 6.06. The van der Waals surface area contributed by atoms with E-state index in [9.17, 15) is 9.59 Å². The molecular weight excluding hydrogens is 618 g/mol. The number of anilines is 4. The molecule has 0 unspecified atom stereocenters. The molecule has 5 rings (SSSR count). The summed E-state index contributed by atoms with van der Waals surface area (Å²) in [5, 5.41) is 6.26. The Kier molecular flexibility index (Phi) is 11.5. The molecule has 1 aliphatic heterocycles. The summed E-state index contributed by atoms with van der Waals surface area (Å²) >= 11 is 0. The number of rotatable bonds is 12. The number of carbonyl (C=O) groups excluding carboxylic acids is 2. The molecule has 1 saturated heterocycles. The van der Waals surface area contributed by atoms with Crippen molar-refractivity contribution in [1.29, 1.82) is 0 Å². The molecule has 1 aliphatic rings. The number of methoxy groups -OCH3 is 1. The molecule has 0 bridgehead atoms. The predicted octanol–water partition coefficient (Wildman–Crippen LogP) is 6.52. The molecule has 11 nitrogen and oxygen atoms in total. The van der Waals surface area contributed by atoms with Crippen molar-refractivity contribution in [3.63, 3.8) is 0 Å². The third-order valence-electron chi connectivity index (χ3n) is 8.60. The molecule has 256 valence electrons. The second-order valence-corrected chi connectivity index (χ2v) is 12.0. The van der Waals surface area contributed by atoms with Gasteiger partial charge in [0.2, 0.25) is 17.7 Å². The SMILES string of the molecule is CCN(CC)C(=O)C=Cc1ccc(Oc2nc(Nc3ccc(N4CCN(C)CC4)cc3)ncc2C(=O)Nc2c(C)cccc2C)c(OC)c1. The van der Waals surface area contributed by atoms with Crippen LogP contribution in [0.1, 0.15) is 40.9 Å². The zero-order chi connectivity index (χ0) is 34.9. The number of nitrogens with one attached hydrogen (secondary N) is 2. The van der Waals surface area contributed by atoms with Gasteiger partial charge in [-0.2, -0.15) is 4.98 Å². The van der Waals surface area contributed by atoms with Gasteiger partial charge in [-0.25, -0.2) is 4.98 Å². The molecule has 11 heteroatoms. The Hall–Kier alpha value is -5.42. The number of hydrogen-bond acceptors (Lipinski definition) is 9. The van der Waals surface area contributed by atoms with Gasteiger partial charge in [-0.15, -0.1) is 0 Å². The van der Waals surface area contributed by atoms with E-state index in [0.29, 0.717) is 30.3 Å². The summed E-state index contributed by atoms with van der Waals surface area (Å²) in [5.74, 6) is 0.582. The fraction of sp³-hybridized carbons (Fsp3) is 0.316. The fourth-order valence-electron chi connectivity index (χ4n) is 5.59. The van der Waals surface area contributed by atoms with E-state index < -0.39 is 5.91 Å². The van der Waals surface area contributed by atoms with Gasteiger partial charge in [0.1, 0.15) is 5.56 Å². The quantitative estimate of drug-likeness (QED) is 0.164. The van der Waals surface area contributed by atoms with Gasteiger partial charge in [0.25, 0.3) is 5.91 Å². The van der Waals surface area contributed by atoms with Crippen molar-refractivity contribution in [3.05, 3.63) is 95.2 Å². The molecule has 0 atom stereocenters. The zero-order valence-corrected chi connectivity index (χ0v) is 29.1. The van der Waals surface area contributed by atoms with Crippen LogP contribution in [0, 0.1) is 13.8 Å². The smallest absolute Gasteiger partial charge is 0.262 e. The summed E-state index contributed by atoms with van der Waals surface area (Å²) in [7, 11) is 3.67. The van der Waals surface area contributed by atoms with Crippen LogP contribution < -0.4 is 25.0 Å². The number of ether oxygens (including phenoxy) is 2. The number of aryl methyl sites for hydroxylation is 2. The van der Waals surface area contributed by atoms with Crippen LogP contribution in [-0.4, -0.2) is 85.0 Å². The largest absolute Gasteiger partial charge is 0.493 e. The number of carbonyl (C=O) groups is 2. The highest BCUT2D eigenvalue weighted by atomic mass is 16.5. The van der Waals surface area contributed by atoms with Crippen molar-refractivity contribution >= 4 is 40.9 Å². The van der Waals surface area contributed by atoms with Gasteiger partial charge in [-0.1, -0.05) is 24.3 Å². The van der Waals surface area contributed by atoms with Crippen LogP contribution in [0.25, 0.3) is 6.08 Å². The lowest BCUT2D eigenvalue weighted by molar-refractivity contribution is -0.125. The maximum atomic E-state index is 13.7. The number of para-hydroxylation sites is 1. The van der Waals surface area contributed by atoms with Crippen molar-refractivity contribution in [2.45, 2.75) is 27.7 Å². The third kappa shape index (κ3) is 8.74. The minimum atomic E-state index is -0.413. The number of piperazine rings is 1. The Labute approximate surface area is 288 Å². The molecule has 0 spiro atoms. The number of likely N-dealkylation sites (N-methyl/N-ethyl adjacent to an activating group) is 2. The first-order chi connectivity index (χ1) is 23.7. The normalized spacial score (nSPS) is 13.3. The summed E-state index contributed by atoms with van der Waals surface area (Å²) in [6, 6.07) is 19.2. The monoisotopic (exact) mass is 663 g/mol. The van der Waals surface area contributed by atoms with Gasteiger partial charge in [0.05, 0.1) is 7.11 Å².